The third-order valence-electron chi connectivity index (χ3n) is 4.55. The van der Waals surface area contributed by atoms with Crippen molar-refractivity contribution in [3.05, 3.63) is 34.7 Å². The van der Waals surface area contributed by atoms with Crippen LogP contribution in [-0.2, 0) is 27.4 Å². The SMILES string of the molecule is CCn1c(=O)n(CCC(=O)O[C@@H]2CCCCC2=O)c2ccccc21. The minimum atomic E-state index is -0.597. The Morgan fingerprint density at radius 3 is 2.54 bits per heavy atom. The van der Waals surface area contributed by atoms with Crippen molar-refractivity contribution < 1.29 is 14.3 Å². The summed E-state index contributed by atoms with van der Waals surface area (Å²) in [4.78, 5) is 36.3. The molecule has 128 valence electrons. The van der Waals surface area contributed by atoms with E-state index < -0.39 is 12.1 Å². The van der Waals surface area contributed by atoms with Gasteiger partial charge in [0.1, 0.15) is 0 Å². The lowest BCUT2D eigenvalue weighted by molar-refractivity contribution is -0.157. The van der Waals surface area contributed by atoms with E-state index in [0.717, 1.165) is 23.9 Å². The van der Waals surface area contributed by atoms with Gasteiger partial charge >= 0.3 is 11.7 Å². The number of ketones is 1. The molecule has 0 amide bonds. The first-order valence-corrected chi connectivity index (χ1v) is 8.52. The maximum absolute atomic E-state index is 12.5. The van der Waals surface area contributed by atoms with E-state index in [1.54, 1.807) is 9.13 Å². The quantitative estimate of drug-likeness (QED) is 0.789. The van der Waals surface area contributed by atoms with Gasteiger partial charge in [-0.2, -0.15) is 0 Å². The van der Waals surface area contributed by atoms with Crippen LogP contribution in [0.1, 0.15) is 39.0 Å². The molecule has 0 N–H and O–H groups in total. The number of rotatable bonds is 5. The van der Waals surface area contributed by atoms with Gasteiger partial charge in [-0.25, -0.2) is 4.79 Å². The molecule has 0 radical (unpaired) electrons. The number of benzene rings is 1. The summed E-state index contributed by atoms with van der Waals surface area (Å²) in [6.07, 6.45) is 2.37. The normalized spacial score (nSPS) is 18.0. The second-order valence-corrected chi connectivity index (χ2v) is 6.11. The fourth-order valence-electron chi connectivity index (χ4n) is 3.29. The largest absolute Gasteiger partial charge is 0.454 e. The molecular formula is C18H22N2O4. The Kier molecular flexibility index (Phi) is 4.83. The zero-order valence-corrected chi connectivity index (χ0v) is 13.9. The van der Waals surface area contributed by atoms with Crippen LogP contribution in [0.25, 0.3) is 11.0 Å². The molecule has 3 rings (SSSR count). The van der Waals surface area contributed by atoms with E-state index in [1.165, 1.54) is 0 Å². The number of Topliss-reactive ketones (excluding diaryl/α,β-unsaturated/α-hetero) is 1. The smallest absolute Gasteiger partial charge is 0.329 e. The molecule has 1 aromatic carbocycles. The zero-order chi connectivity index (χ0) is 17.1. The van der Waals surface area contributed by atoms with Crippen LogP contribution in [0.5, 0.6) is 0 Å². The minimum Gasteiger partial charge on any atom is -0.454 e. The molecule has 1 aromatic heterocycles. The van der Waals surface area contributed by atoms with E-state index in [0.29, 0.717) is 19.4 Å². The van der Waals surface area contributed by atoms with Crippen LogP contribution in [0.3, 0.4) is 0 Å². The maximum Gasteiger partial charge on any atom is 0.329 e. The first-order valence-electron chi connectivity index (χ1n) is 8.52. The lowest BCUT2D eigenvalue weighted by Gasteiger charge is -2.20. The molecule has 24 heavy (non-hydrogen) atoms. The van der Waals surface area contributed by atoms with Gasteiger partial charge in [0.15, 0.2) is 11.9 Å². The van der Waals surface area contributed by atoms with E-state index in [2.05, 4.69) is 0 Å². The monoisotopic (exact) mass is 330 g/mol. The highest BCUT2D eigenvalue weighted by atomic mass is 16.5. The van der Waals surface area contributed by atoms with Crippen LogP contribution >= 0.6 is 0 Å². The van der Waals surface area contributed by atoms with Crippen molar-refractivity contribution in [2.24, 2.45) is 0 Å². The van der Waals surface area contributed by atoms with Crippen LogP contribution < -0.4 is 5.69 Å². The maximum atomic E-state index is 12.5. The summed E-state index contributed by atoms with van der Waals surface area (Å²) >= 11 is 0. The van der Waals surface area contributed by atoms with Crippen LogP contribution in [0.15, 0.2) is 29.1 Å². The van der Waals surface area contributed by atoms with Crippen LogP contribution in [-0.4, -0.2) is 27.0 Å². The highest BCUT2D eigenvalue weighted by molar-refractivity contribution is 5.86. The fourth-order valence-corrected chi connectivity index (χ4v) is 3.29. The third kappa shape index (κ3) is 3.13. The number of hydrogen-bond donors (Lipinski definition) is 0. The Morgan fingerprint density at radius 2 is 1.88 bits per heavy atom. The van der Waals surface area contributed by atoms with Gasteiger partial charge in [-0.05, 0) is 38.3 Å². The first-order chi connectivity index (χ1) is 11.6. The third-order valence-corrected chi connectivity index (χ3v) is 4.55. The molecule has 6 nitrogen and oxygen atoms in total. The van der Waals surface area contributed by atoms with Gasteiger partial charge in [-0.3, -0.25) is 18.7 Å². The van der Waals surface area contributed by atoms with Gasteiger partial charge in [-0.15, -0.1) is 0 Å². The topological polar surface area (TPSA) is 70.3 Å². The van der Waals surface area contributed by atoms with E-state index in [4.69, 9.17) is 4.74 Å². The number of nitrogens with zero attached hydrogens (tertiary/aromatic N) is 2. The lowest BCUT2D eigenvalue weighted by Crippen LogP contribution is -2.31. The summed E-state index contributed by atoms with van der Waals surface area (Å²) in [7, 11) is 0. The Bertz CT molecular complexity index is 818. The second kappa shape index (κ2) is 7.03. The van der Waals surface area contributed by atoms with Gasteiger partial charge in [0.2, 0.25) is 0 Å². The van der Waals surface area contributed by atoms with Gasteiger partial charge < -0.3 is 4.74 Å². The minimum absolute atomic E-state index is 0.00866. The van der Waals surface area contributed by atoms with Crippen LogP contribution in [0, 0.1) is 0 Å². The zero-order valence-electron chi connectivity index (χ0n) is 13.9. The predicted octanol–water partition coefficient (Wildman–Crippen LogP) is 2.27. The van der Waals surface area contributed by atoms with Crippen molar-refractivity contribution in [1.29, 1.82) is 0 Å². The van der Waals surface area contributed by atoms with E-state index in [-0.39, 0.29) is 24.4 Å². The summed E-state index contributed by atoms with van der Waals surface area (Å²) in [5.41, 5.74) is 1.55. The van der Waals surface area contributed by atoms with Crippen molar-refractivity contribution in [2.45, 2.75) is 58.2 Å². The standard InChI is InChI=1S/C18H22N2O4/c1-2-19-13-7-3-4-8-14(13)20(18(19)23)12-11-17(22)24-16-10-6-5-9-15(16)21/h3-4,7-8,16H,2,5-6,9-12H2,1H3/t16-/m1/s1. The number of esters is 1. The van der Waals surface area contributed by atoms with Gasteiger partial charge in [-0.1, -0.05) is 12.1 Å². The molecule has 0 unspecified atom stereocenters. The van der Waals surface area contributed by atoms with Crippen molar-refractivity contribution in [3.8, 4) is 0 Å². The molecule has 0 bridgehead atoms. The second-order valence-electron chi connectivity index (χ2n) is 6.11. The summed E-state index contributed by atoms with van der Waals surface area (Å²) in [5.74, 6) is -0.412. The van der Waals surface area contributed by atoms with E-state index in [1.807, 2.05) is 31.2 Å². The number of hydrogen-bond acceptors (Lipinski definition) is 4. The Hall–Kier alpha value is -2.37. The molecule has 1 aliphatic carbocycles. The number of aromatic nitrogens is 2. The molecule has 0 aliphatic heterocycles. The molecule has 2 aromatic rings. The molecule has 0 saturated heterocycles. The average molecular weight is 330 g/mol. The predicted molar refractivity (Wildman–Crippen MR) is 89.8 cm³/mol. The highest BCUT2D eigenvalue weighted by Gasteiger charge is 2.25. The van der Waals surface area contributed by atoms with Crippen molar-refractivity contribution in [1.82, 2.24) is 9.13 Å². The number of carbonyl (C=O) groups excluding carboxylic acids is 2. The summed E-state index contributed by atoms with van der Waals surface area (Å²) in [5, 5.41) is 0. The average Bonchev–Trinajstić information content (AvgIpc) is 2.86. The molecule has 1 heterocycles. The van der Waals surface area contributed by atoms with E-state index >= 15 is 0 Å². The summed E-state index contributed by atoms with van der Waals surface area (Å²) in [6, 6.07) is 7.53. The number of aryl methyl sites for hydroxylation is 2. The molecule has 1 saturated carbocycles. The highest BCUT2D eigenvalue weighted by Crippen LogP contribution is 2.18. The van der Waals surface area contributed by atoms with Gasteiger partial charge in [0, 0.05) is 19.5 Å². The van der Waals surface area contributed by atoms with Gasteiger partial charge in [0.05, 0.1) is 17.5 Å². The molecule has 1 fully saturated rings. The summed E-state index contributed by atoms with van der Waals surface area (Å²) in [6.45, 7) is 2.75. The number of fused-ring (bicyclic) bond motifs is 1. The fraction of sp³-hybridized carbons (Fsp3) is 0.500. The Morgan fingerprint density at radius 1 is 1.17 bits per heavy atom. The molecule has 1 atom stereocenters. The number of para-hydroxylation sites is 2. The first kappa shape index (κ1) is 16.5. The Labute approximate surface area is 140 Å². The molecule has 0 spiro atoms. The van der Waals surface area contributed by atoms with Crippen molar-refractivity contribution >= 4 is 22.8 Å². The van der Waals surface area contributed by atoms with Crippen molar-refractivity contribution in [3.63, 3.8) is 0 Å². The summed E-state index contributed by atoms with van der Waals surface area (Å²) < 4.78 is 8.59. The van der Waals surface area contributed by atoms with E-state index in [9.17, 15) is 14.4 Å². The number of carbonyl (C=O) groups is 2. The molecule has 1 aliphatic rings. The molecule has 6 heteroatoms. The number of ether oxygens (including phenoxy) is 1. The van der Waals surface area contributed by atoms with Crippen LogP contribution in [0.2, 0.25) is 0 Å². The van der Waals surface area contributed by atoms with Crippen molar-refractivity contribution in [2.75, 3.05) is 0 Å². The molecular weight excluding hydrogens is 308 g/mol. The Balaban J connectivity index is 1.71. The van der Waals surface area contributed by atoms with Gasteiger partial charge in [0.25, 0.3) is 0 Å². The van der Waals surface area contributed by atoms with Crippen LogP contribution in [0.4, 0.5) is 0 Å². The number of imidazole rings is 1. The lowest BCUT2D eigenvalue weighted by atomic mass is 9.96.